The Kier molecular flexibility index (Phi) is 6.08. The molecule has 130 valence electrons. The van der Waals surface area contributed by atoms with Crippen LogP contribution < -0.4 is 0 Å². The van der Waals surface area contributed by atoms with Gasteiger partial charge in [-0.2, -0.15) is 0 Å². The second-order valence-corrected chi connectivity index (χ2v) is 5.17. The van der Waals surface area contributed by atoms with Crippen molar-refractivity contribution in [3.05, 3.63) is 0 Å². The van der Waals surface area contributed by atoms with Crippen molar-refractivity contribution in [3.8, 4) is 0 Å². The maximum Gasteiger partial charge on any atom is 0.305 e. The van der Waals surface area contributed by atoms with Gasteiger partial charge in [0.1, 0.15) is 12.7 Å². The van der Waals surface area contributed by atoms with E-state index in [2.05, 4.69) is 0 Å². The fourth-order valence-corrected chi connectivity index (χ4v) is 2.31. The molecule has 0 bridgehead atoms. The minimum atomic E-state index is -1.68. The van der Waals surface area contributed by atoms with E-state index in [1.807, 2.05) is 0 Å². The number of carbonyl (C=O) groups excluding carboxylic acids is 4. The molecule has 9 nitrogen and oxygen atoms in total. The summed E-state index contributed by atoms with van der Waals surface area (Å²) in [4.78, 5) is 44.9. The molecule has 23 heavy (non-hydrogen) atoms. The van der Waals surface area contributed by atoms with Crippen molar-refractivity contribution in [1.29, 1.82) is 0 Å². The van der Waals surface area contributed by atoms with Crippen LogP contribution >= 0.6 is 0 Å². The van der Waals surface area contributed by atoms with Gasteiger partial charge < -0.3 is 23.7 Å². The Morgan fingerprint density at radius 1 is 0.913 bits per heavy atom. The largest absolute Gasteiger partial charge is 0.463 e. The number of carbonyl (C=O) groups is 4. The summed E-state index contributed by atoms with van der Waals surface area (Å²) in [5.41, 5.74) is 0. The molecular formula is C14H20O9. The van der Waals surface area contributed by atoms with Crippen molar-refractivity contribution in [3.63, 3.8) is 0 Å². The van der Waals surface area contributed by atoms with Crippen LogP contribution in [0, 0.1) is 0 Å². The third-order valence-corrected chi connectivity index (χ3v) is 2.96. The van der Waals surface area contributed by atoms with E-state index in [4.69, 9.17) is 23.7 Å². The molecule has 0 saturated carbocycles. The first-order valence-electron chi connectivity index (χ1n) is 6.90. The van der Waals surface area contributed by atoms with E-state index in [0.717, 1.165) is 20.8 Å². The second-order valence-electron chi connectivity index (χ2n) is 5.17. The van der Waals surface area contributed by atoms with Gasteiger partial charge in [0.05, 0.1) is 0 Å². The smallest absolute Gasteiger partial charge is 0.305 e. The first kappa shape index (κ1) is 18.9. The molecular weight excluding hydrogens is 312 g/mol. The molecule has 0 amide bonds. The van der Waals surface area contributed by atoms with Crippen LogP contribution in [-0.2, 0) is 42.9 Å². The van der Waals surface area contributed by atoms with Crippen molar-refractivity contribution in [1.82, 2.24) is 0 Å². The van der Waals surface area contributed by atoms with Crippen LogP contribution in [0.3, 0.4) is 0 Å². The zero-order valence-electron chi connectivity index (χ0n) is 13.6. The quantitative estimate of drug-likeness (QED) is 0.510. The Bertz CT molecular complexity index is 500. The lowest BCUT2D eigenvalue weighted by atomic mass is 10.1. The SMILES string of the molecule is CC(=O)OC[C@H]1O[C@](C)(OC(C)=O)C(OC(C)=O)[C@H]1OC(C)=O. The summed E-state index contributed by atoms with van der Waals surface area (Å²) in [6, 6.07) is 0. The highest BCUT2D eigenvalue weighted by atomic mass is 16.8. The van der Waals surface area contributed by atoms with E-state index in [9.17, 15) is 19.2 Å². The van der Waals surface area contributed by atoms with Gasteiger partial charge in [0.15, 0.2) is 6.10 Å². The summed E-state index contributed by atoms with van der Waals surface area (Å²) in [5.74, 6) is -4.26. The van der Waals surface area contributed by atoms with Crippen LogP contribution in [-0.4, -0.2) is 54.6 Å². The highest BCUT2D eigenvalue weighted by Gasteiger charge is 2.59. The molecule has 0 aromatic heterocycles. The standard InChI is InChI=1S/C14H20O9/c1-7(15)19-6-11-12(20-8(2)16)13(21-9(3)17)14(5,23-11)22-10(4)18/h11-13H,6H2,1-5H3/t11-,12+,13?,14+/m1/s1. The molecule has 0 N–H and O–H groups in total. The van der Waals surface area contributed by atoms with Gasteiger partial charge in [-0.15, -0.1) is 0 Å². The van der Waals surface area contributed by atoms with Gasteiger partial charge in [0.2, 0.25) is 6.10 Å². The van der Waals surface area contributed by atoms with Crippen LogP contribution in [0.25, 0.3) is 0 Å². The van der Waals surface area contributed by atoms with Gasteiger partial charge in [0, 0.05) is 34.6 Å². The van der Waals surface area contributed by atoms with Crippen molar-refractivity contribution in [2.24, 2.45) is 0 Å². The van der Waals surface area contributed by atoms with Crippen molar-refractivity contribution in [2.75, 3.05) is 6.61 Å². The minimum Gasteiger partial charge on any atom is -0.463 e. The Balaban J connectivity index is 3.10. The van der Waals surface area contributed by atoms with Crippen molar-refractivity contribution >= 4 is 23.9 Å². The zero-order valence-corrected chi connectivity index (χ0v) is 13.6. The summed E-state index contributed by atoms with van der Waals surface area (Å²) in [6.07, 6.45) is -3.26. The molecule has 1 unspecified atom stereocenters. The molecule has 1 rings (SSSR count). The summed E-state index contributed by atoms with van der Waals surface area (Å²) < 4.78 is 25.7. The molecule has 1 aliphatic rings. The lowest BCUT2D eigenvalue weighted by Gasteiger charge is -2.29. The van der Waals surface area contributed by atoms with Gasteiger partial charge in [0.25, 0.3) is 5.79 Å². The van der Waals surface area contributed by atoms with Gasteiger partial charge in [-0.05, 0) is 0 Å². The molecule has 1 heterocycles. The fraction of sp³-hybridized carbons (Fsp3) is 0.714. The first-order valence-corrected chi connectivity index (χ1v) is 6.90. The number of hydrogen-bond donors (Lipinski definition) is 0. The third-order valence-electron chi connectivity index (χ3n) is 2.96. The zero-order chi connectivity index (χ0) is 17.8. The number of ether oxygens (including phenoxy) is 5. The summed E-state index contributed by atoms with van der Waals surface area (Å²) in [6.45, 7) is 5.77. The Hall–Kier alpha value is -2.16. The fourth-order valence-electron chi connectivity index (χ4n) is 2.31. The normalized spacial score (nSPS) is 29.5. The van der Waals surface area contributed by atoms with Gasteiger partial charge >= 0.3 is 23.9 Å². The average molecular weight is 332 g/mol. The minimum absolute atomic E-state index is 0.262. The van der Waals surface area contributed by atoms with Gasteiger partial charge in [-0.25, -0.2) is 0 Å². The predicted octanol–water partition coefficient (Wildman–Crippen LogP) is 0.0910. The van der Waals surface area contributed by atoms with Crippen LogP contribution in [0.1, 0.15) is 34.6 Å². The van der Waals surface area contributed by atoms with Gasteiger partial charge in [-0.1, -0.05) is 0 Å². The average Bonchev–Trinajstić information content (AvgIpc) is 2.59. The van der Waals surface area contributed by atoms with Crippen LogP contribution in [0.5, 0.6) is 0 Å². The van der Waals surface area contributed by atoms with E-state index >= 15 is 0 Å². The lowest BCUT2D eigenvalue weighted by molar-refractivity contribution is -0.246. The maximum atomic E-state index is 11.3. The van der Waals surface area contributed by atoms with E-state index in [-0.39, 0.29) is 6.61 Å². The summed E-state index contributed by atoms with van der Waals surface area (Å²) in [5, 5.41) is 0. The van der Waals surface area contributed by atoms with E-state index in [1.54, 1.807) is 0 Å². The van der Waals surface area contributed by atoms with Crippen molar-refractivity contribution in [2.45, 2.75) is 58.7 Å². The highest BCUT2D eigenvalue weighted by molar-refractivity contribution is 5.69. The predicted molar refractivity (Wildman–Crippen MR) is 72.8 cm³/mol. The lowest BCUT2D eigenvalue weighted by Crippen LogP contribution is -2.48. The molecule has 0 aromatic carbocycles. The third kappa shape index (κ3) is 5.20. The highest BCUT2D eigenvalue weighted by Crippen LogP contribution is 2.36. The Labute approximate surface area is 133 Å². The topological polar surface area (TPSA) is 114 Å². The Morgan fingerprint density at radius 3 is 1.91 bits per heavy atom. The first-order chi connectivity index (χ1) is 10.5. The van der Waals surface area contributed by atoms with Crippen LogP contribution in [0.15, 0.2) is 0 Å². The summed E-state index contributed by atoms with van der Waals surface area (Å²) >= 11 is 0. The molecule has 1 saturated heterocycles. The molecule has 9 heteroatoms. The molecule has 0 aliphatic carbocycles. The van der Waals surface area contributed by atoms with Crippen LogP contribution in [0.2, 0.25) is 0 Å². The molecule has 4 atom stereocenters. The van der Waals surface area contributed by atoms with E-state index < -0.39 is 48.0 Å². The van der Waals surface area contributed by atoms with Crippen LogP contribution in [0.4, 0.5) is 0 Å². The maximum absolute atomic E-state index is 11.3. The second kappa shape index (κ2) is 7.40. The molecule has 0 spiro atoms. The van der Waals surface area contributed by atoms with Crippen molar-refractivity contribution < 1.29 is 42.9 Å². The number of rotatable bonds is 5. The molecule has 1 aliphatic heterocycles. The number of hydrogen-bond acceptors (Lipinski definition) is 9. The monoisotopic (exact) mass is 332 g/mol. The summed E-state index contributed by atoms with van der Waals surface area (Å²) in [7, 11) is 0. The van der Waals surface area contributed by atoms with E-state index in [0.29, 0.717) is 0 Å². The Morgan fingerprint density at radius 2 is 1.48 bits per heavy atom. The molecule has 0 radical (unpaired) electrons. The molecule has 1 fully saturated rings. The molecule has 0 aromatic rings. The van der Waals surface area contributed by atoms with Gasteiger partial charge in [-0.3, -0.25) is 19.2 Å². The number of esters is 4. The van der Waals surface area contributed by atoms with E-state index in [1.165, 1.54) is 13.8 Å².